The van der Waals surface area contributed by atoms with Gasteiger partial charge in [0, 0.05) is 22.3 Å². The number of carbonyl (C=O) groups excluding carboxylic acids is 2. The van der Waals surface area contributed by atoms with Crippen molar-refractivity contribution in [1.82, 2.24) is 0 Å². The van der Waals surface area contributed by atoms with Crippen molar-refractivity contribution in [1.29, 1.82) is 0 Å². The van der Waals surface area contributed by atoms with Gasteiger partial charge in [0.15, 0.2) is 11.6 Å². The van der Waals surface area contributed by atoms with Crippen LogP contribution in [-0.2, 0) is 12.8 Å². The smallest absolute Gasteiger partial charge is 0.193 e. The van der Waals surface area contributed by atoms with Crippen LogP contribution < -0.4 is 0 Å². The summed E-state index contributed by atoms with van der Waals surface area (Å²) in [4.78, 5) is 27.4. The second-order valence-electron chi connectivity index (χ2n) is 9.89. The number of fused-ring (bicyclic) bond motifs is 4. The van der Waals surface area contributed by atoms with Crippen LogP contribution in [0.3, 0.4) is 0 Å². The van der Waals surface area contributed by atoms with Crippen LogP contribution in [0.1, 0.15) is 98.6 Å². The van der Waals surface area contributed by atoms with E-state index in [0.717, 1.165) is 57.3 Å². The molecule has 0 N–H and O–H groups in total. The minimum atomic E-state index is 0.0688. The molecule has 2 aliphatic rings. The first-order chi connectivity index (χ1) is 15.0. The average Bonchev–Trinajstić information content (AvgIpc) is 2.77. The molecule has 0 radical (unpaired) electrons. The van der Waals surface area contributed by atoms with E-state index in [1.54, 1.807) is 0 Å². The van der Waals surface area contributed by atoms with E-state index in [4.69, 9.17) is 0 Å². The molecule has 3 aromatic carbocycles. The highest BCUT2D eigenvalue weighted by Gasteiger charge is 2.33. The molecule has 5 rings (SSSR count). The normalized spacial score (nSPS) is 14.1. The second kappa shape index (κ2) is 6.75. The maximum absolute atomic E-state index is 13.7. The summed E-state index contributed by atoms with van der Waals surface area (Å²) < 4.78 is 0. The van der Waals surface area contributed by atoms with Crippen molar-refractivity contribution in [3.8, 4) is 0 Å². The van der Waals surface area contributed by atoms with Crippen molar-refractivity contribution in [2.24, 2.45) is 0 Å². The van der Waals surface area contributed by atoms with Gasteiger partial charge in [0.1, 0.15) is 0 Å². The van der Waals surface area contributed by atoms with Crippen molar-refractivity contribution in [2.45, 2.75) is 68.2 Å². The molecule has 0 amide bonds. The summed E-state index contributed by atoms with van der Waals surface area (Å²) in [6, 6.07) is 4.04. The maximum Gasteiger partial charge on any atom is 0.193 e. The lowest BCUT2D eigenvalue weighted by molar-refractivity contribution is 0.103. The van der Waals surface area contributed by atoms with Gasteiger partial charge in [-0.3, -0.25) is 9.59 Å². The van der Waals surface area contributed by atoms with E-state index < -0.39 is 0 Å². The van der Waals surface area contributed by atoms with E-state index >= 15 is 0 Å². The summed E-state index contributed by atoms with van der Waals surface area (Å²) >= 11 is 0. The third-order valence-electron chi connectivity index (χ3n) is 8.64. The van der Waals surface area contributed by atoms with Crippen molar-refractivity contribution >= 4 is 11.6 Å². The Kier molecular flexibility index (Phi) is 4.40. The molecule has 0 unspecified atom stereocenters. The van der Waals surface area contributed by atoms with Gasteiger partial charge in [-0.05, 0) is 141 Å². The predicted molar refractivity (Wildman–Crippen MR) is 130 cm³/mol. The second-order valence-corrected chi connectivity index (χ2v) is 9.89. The number of rotatable bonds is 0. The zero-order valence-corrected chi connectivity index (χ0v) is 20.4. The van der Waals surface area contributed by atoms with E-state index in [1.165, 1.54) is 33.4 Å². The van der Waals surface area contributed by atoms with E-state index in [0.29, 0.717) is 11.1 Å². The van der Waals surface area contributed by atoms with E-state index in [-0.39, 0.29) is 11.6 Å². The summed E-state index contributed by atoms with van der Waals surface area (Å²) in [6.45, 7) is 16.9. The van der Waals surface area contributed by atoms with Crippen LogP contribution in [0.5, 0.6) is 0 Å². The molecule has 2 aliphatic carbocycles. The van der Waals surface area contributed by atoms with Gasteiger partial charge >= 0.3 is 0 Å². The molecule has 0 aromatic heterocycles. The summed E-state index contributed by atoms with van der Waals surface area (Å²) in [5.41, 5.74) is 17.1. The lowest BCUT2D eigenvalue weighted by Gasteiger charge is -2.29. The zero-order chi connectivity index (χ0) is 23.2. The monoisotopic (exact) mass is 422 g/mol. The Morgan fingerprint density at radius 2 is 0.812 bits per heavy atom. The molecule has 0 fully saturated rings. The molecule has 0 atom stereocenters. The van der Waals surface area contributed by atoms with Gasteiger partial charge < -0.3 is 0 Å². The first kappa shape index (κ1) is 20.9. The molecule has 0 heterocycles. The summed E-state index contributed by atoms with van der Waals surface area (Å²) in [5, 5.41) is 0. The quantitative estimate of drug-likeness (QED) is 0.288. The van der Waals surface area contributed by atoms with Crippen LogP contribution >= 0.6 is 0 Å². The van der Waals surface area contributed by atoms with Crippen LogP contribution in [0.15, 0.2) is 12.1 Å². The van der Waals surface area contributed by atoms with Gasteiger partial charge in [0.05, 0.1) is 0 Å². The fourth-order valence-corrected chi connectivity index (χ4v) is 5.90. The predicted octanol–water partition coefficient (Wildman–Crippen LogP) is 6.42. The van der Waals surface area contributed by atoms with Crippen LogP contribution in [0.25, 0.3) is 0 Å². The van der Waals surface area contributed by atoms with Crippen LogP contribution in [0, 0.1) is 55.4 Å². The van der Waals surface area contributed by atoms with Gasteiger partial charge in [0.25, 0.3) is 0 Å². The number of carbonyl (C=O) groups is 2. The molecular formula is C30H30O2. The Morgan fingerprint density at radius 3 is 1.19 bits per heavy atom. The average molecular weight is 423 g/mol. The van der Waals surface area contributed by atoms with E-state index in [1.807, 2.05) is 6.07 Å². The van der Waals surface area contributed by atoms with Crippen LogP contribution in [0.4, 0.5) is 0 Å². The molecule has 0 saturated carbocycles. The standard InChI is InChI=1S/C30H30O2/c1-13-15(3)19(7)27-23(17(13)5)10-21-9-22-11-24-18(6)14(2)16(4)20(8)28(24)30(32)26(22)12-25(21)29(27)31/h9,12H,10-11H2,1-8H3. The van der Waals surface area contributed by atoms with Crippen molar-refractivity contribution in [3.05, 3.63) is 101 Å². The molecule has 0 saturated heterocycles. The van der Waals surface area contributed by atoms with Crippen molar-refractivity contribution in [2.75, 3.05) is 0 Å². The topological polar surface area (TPSA) is 34.1 Å². The highest BCUT2D eigenvalue weighted by molar-refractivity contribution is 6.18. The molecule has 2 heteroatoms. The number of benzene rings is 3. The van der Waals surface area contributed by atoms with E-state index in [9.17, 15) is 9.59 Å². The summed E-state index contributed by atoms with van der Waals surface area (Å²) in [7, 11) is 0. The van der Waals surface area contributed by atoms with E-state index in [2.05, 4.69) is 61.5 Å². The Hall–Kier alpha value is -3.00. The molecule has 32 heavy (non-hydrogen) atoms. The molecule has 0 spiro atoms. The lowest BCUT2D eigenvalue weighted by atomic mass is 9.73. The highest BCUT2D eigenvalue weighted by Crippen LogP contribution is 2.40. The molecule has 162 valence electrons. The minimum absolute atomic E-state index is 0.0688. The molecule has 0 aliphatic heterocycles. The van der Waals surface area contributed by atoms with Crippen LogP contribution in [0.2, 0.25) is 0 Å². The molecule has 2 nitrogen and oxygen atoms in total. The third-order valence-corrected chi connectivity index (χ3v) is 8.64. The van der Waals surface area contributed by atoms with Gasteiger partial charge in [-0.1, -0.05) is 6.07 Å². The van der Waals surface area contributed by atoms with Crippen LogP contribution in [-0.4, -0.2) is 11.6 Å². The van der Waals surface area contributed by atoms with Gasteiger partial charge in [-0.2, -0.15) is 0 Å². The molecular weight excluding hydrogens is 392 g/mol. The maximum atomic E-state index is 13.7. The largest absolute Gasteiger partial charge is 0.289 e. The summed E-state index contributed by atoms with van der Waals surface area (Å²) in [6.07, 6.45) is 1.51. The van der Waals surface area contributed by atoms with Gasteiger partial charge in [-0.25, -0.2) is 0 Å². The number of hydrogen-bond acceptors (Lipinski definition) is 2. The Balaban J connectivity index is 1.73. The SMILES string of the molecule is Cc1c(C)c(C)c2c(c1C)Cc1cc3c(cc1C2=O)C(=O)c1c(C)c(C)c(C)c(C)c1C3. The summed E-state index contributed by atoms with van der Waals surface area (Å²) in [5.74, 6) is 0.138. The Labute approximate surface area is 190 Å². The third kappa shape index (κ3) is 2.53. The Morgan fingerprint density at radius 1 is 0.469 bits per heavy atom. The fraction of sp³-hybridized carbons (Fsp3) is 0.333. The minimum Gasteiger partial charge on any atom is -0.289 e. The first-order valence-corrected chi connectivity index (χ1v) is 11.5. The lowest BCUT2D eigenvalue weighted by Crippen LogP contribution is -2.24. The van der Waals surface area contributed by atoms with Crippen molar-refractivity contribution < 1.29 is 9.59 Å². The zero-order valence-electron chi connectivity index (χ0n) is 20.4. The number of ketones is 2. The highest BCUT2D eigenvalue weighted by atomic mass is 16.1. The van der Waals surface area contributed by atoms with Gasteiger partial charge in [0.2, 0.25) is 0 Å². The fourth-order valence-electron chi connectivity index (χ4n) is 5.90. The molecule has 0 bridgehead atoms. The first-order valence-electron chi connectivity index (χ1n) is 11.5. The van der Waals surface area contributed by atoms with Gasteiger partial charge in [-0.15, -0.1) is 0 Å². The number of hydrogen-bond donors (Lipinski definition) is 0. The Bertz CT molecular complexity index is 1310. The molecule has 3 aromatic rings. The van der Waals surface area contributed by atoms with Crippen molar-refractivity contribution in [3.63, 3.8) is 0 Å².